The fourth-order valence-electron chi connectivity index (χ4n) is 3.32. The summed E-state index contributed by atoms with van der Waals surface area (Å²) in [7, 11) is 0. The van der Waals surface area contributed by atoms with Crippen LogP contribution in [0.4, 0.5) is 19.0 Å². The second-order valence-electron chi connectivity index (χ2n) is 6.68. The van der Waals surface area contributed by atoms with Crippen LogP contribution in [0.25, 0.3) is 22.0 Å². The zero-order chi connectivity index (χ0) is 19.7. The highest BCUT2D eigenvalue weighted by Gasteiger charge is 2.30. The molecule has 144 valence electrons. The van der Waals surface area contributed by atoms with Crippen LogP contribution in [-0.4, -0.2) is 29.2 Å². The Morgan fingerprint density at radius 2 is 1.75 bits per heavy atom. The van der Waals surface area contributed by atoms with Crippen LogP contribution in [0.3, 0.4) is 0 Å². The SMILES string of the molecule is O=C1NCCC1CNc1nnc(-c2ccc(C(F)(F)F)cc2)c2ccccc12. The second-order valence-corrected chi connectivity index (χ2v) is 6.68. The van der Waals surface area contributed by atoms with Gasteiger partial charge in [0, 0.05) is 29.4 Å². The van der Waals surface area contributed by atoms with Gasteiger partial charge in [0.1, 0.15) is 5.69 Å². The topological polar surface area (TPSA) is 66.9 Å². The number of hydrogen-bond donors (Lipinski definition) is 2. The van der Waals surface area contributed by atoms with Crippen LogP contribution in [0.5, 0.6) is 0 Å². The van der Waals surface area contributed by atoms with Crippen molar-refractivity contribution in [3.8, 4) is 11.3 Å². The van der Waals surface area contributed by atoms with E-state index in [1.54, 1.807) is 0 Å². The highest BCUT2D eigenvalue weighted by atomic mass is 19.4. The maximum Gasteiger partial charge on any atom is 0.416 e. The summed E-state index contributed by atoms with van der Waals surface area (Å²) in [4.78, 5) is 11.7. The van der Waals surface area contributed by atoms with Gasteiger partial charge in [-0.15, -0.1) is 10.2 Å². The van der Waals surface area contributed by atoms with Gasteiger partial charge in [-0.05, 0) is 18.6 Å². The monoisotopic (exact) mass is 386 g/mol. The van der Waals surface area contributed by atoms with Crippen LogP contribution in [0.1, 0.15) is 12.0 Å². The van der Waals surface area contributed by atoms with Crippen molar-refractivity contribution in [2.45, 2.75) is 12.6 Å². The largest absolute Gasteiger partial charge is 0.416 e. The van der Waals surface area contributed by atoms with Gasteiger partial charge in [-0.3, -0.25) is 4.79 Å². The van der Waals surface area contributed by atoms with E-state index in [9.17, 15) is 18.0 Å². The molecule has 0 saturated carbocycles. The molecule has 8 heteroatoms. The molecule has 1 saturated heterocycles. The fourth-order valence-corrected chi connectivity index (χ4v) is 3.32. The van der Waals surface area contributed by atoms with Gasteiger partial charge in [0.05, 0.1) is 11.5 Å². The van der Waals surface area contributed by atoms with E-state index in [0.717, 1.165) is 29.3 Å². The lowest BCUT2D eigenvalue weighted by Crippen LogP contribution is -2.24. The number of carbonyl (C=O) groups excluding carboxylic acids is 1. The zero-order valence-electron chi connectivity index (χ0n) is 14.8. The molecule has 1 fully saturated rings. The third-order valence-corrected chi connectivity index (χ3v) is 4.85. The molecule has 1 amide bonds. The molecule has 1 atom stereocenters. The molecule has 1 aliphatic rings. The van der Waals surface area contributed by atoms with Gasteiger partial charge in [-0.1, -0.05) is 36.4 Å². The Balaban J connectivity index is 1.66. The highest BCUT2D eigenvalue weighted by molar-refractivity contribution is 6.00. The molecule has 5 nitrogen and oxygen atoms in total. The third kappa shape index (κ3) is 3.49. The number of rotatable bonds is 4. The van der Waals surface area contributed by atoms with E-state index in [1.165, 1.54) is 12.1 Å². The van der Waals surface area contributed by atoms with Crippen molar-refractivity contribution < 1.29 is 18.0 Å². The predicted molar refractivity (Wildman–Crippen MR) is 99.6 cm³/mol. The summed E-state index contributed by atoms with van der Waals surface area (Å²) in [5.41, 5.74) is 0.355. The first-order valence-electron chi connectivity index (χ1n) is 8.88. The average molecular weight is 386 g/mol. The normalized spacial score (nSPS) is 17.0. The van der Waals surface area contributed by atoms with Crippen molar-refractivity contribution >= 4 is 22.5 Å². The quantitative estimate of drug-likeness (QED) is 0.715. The summed E-state index contributed by atoms with van der Waals surface area (Å²) in [5.74, 6) is 0.451. The minimum Gasteiger partial charge on any atom is -0.367 e. The minimum atomic E-state index is -4.38. The van der Waals surface area contributed by atoms with Crippen molar-refractivity contribution in [3.63, 3.8) is 0 Å². The van der Waals surface area contributed by atoms with Gasteiger partial charge >= 0.3 is 6.18 Å². The maximum absolute atomic E-state index is 12.8. The fraction of sp³-hybridized carbons (Fsp3) is 0.250. The van der Waals surface area contributed by atoms with E-state index in [1.807, 2.05) is 24.3 Å². The van der Waals surface area contributed by atoms with Gasteiger partial charge in [-0.25, -0.2) is 0 Å². The van der Waals surface area contributed by atoms with E-state index in [-0.39, 0.29) is 11.8 Å². The summed E-state index contributed by atoms with van der Waals surface area (Å²) in [6.45, 7) is 1.12. The lowest BCUT2D eigenvalue weighted by Gasteiger charge is -2.13. The molecule has 0 aliphatic carbocycles. The number of alkyl halides is 3. The Kier molecular flexibility index (Phi) is 4.62. The third-order valence-electron chi connectivity index (χ3n) is 4.85. The molecule has 28 heavy (non-hydrogen) atoms. The van der Waals surface area contributed by atoms with Crippen molar-refractivity contribution in [2.24, 2.45) is 5.92 Å². The summed E-state index contributed by atoms with van der Waals surface area (Å²) in [6.07, 6.45) is -3.62. The Hall–Kier alpha value is -3.16. The van der Waals surface area contributed by atoms with Crippen LogP contribution in [0.2, 0.25) is 0 Å². The molecule has 1 unspecified atom stereocenters. The van der Waals surface area contributed by atoms with Gasteiger partial charge in [-0.2, -0.15) is 13.2 Å². The van der Waals surface area contributed by atoms with E-state index >= 15 is 0 Å². The summed E-state index contributed by atoms with van der Waals surface area (Å²) < 4.78 is 38.4. The molecular formula is C20H17F3N4O. The van der Waals surface area contributed by atoms with Crippen molar-refractivity contribution in [2.75, 3.05) is 18.4 Å². The standard InChI is InChI=1S/C20H17F3N4O/c21-20(22,23)14-7-5-12(6-8-14)17-15-3-1-2-4-16(15)18(27-26-17)25-11-13-9-10-24-19(13)28/h1-8,13H,9-11H2,(H,24,28)(H,25,27). The lowest BCUT2D eigenvalue weighted by atomic mass is 10.0. The number of aromatic nitrogens is 2. The molecule has 3 aromatic rings. The molecular weight excluding hydrogens is 369 g/mol. The number of amides is 1. The first-order chi connectivity index (χ1) is 13.4. The van der Waals surface area contributed by atoms with Crippen LogP contribution >= 0.6 is 0 Å². The second kappa shape index (κ2) is 7.10. The van der Waals surface area contributed by atoms with E-state index in [0.29, 0.717) is 30.2 Å². The van der Waals surface area contributed by atoms with E-state index in [4.69, 9.17) is 0 Å². The summed E-state index contributed by atoms with van der Waals surface area (Å²) in [6, 6.07) is 12.3. The lowest BCUT2D eigenvalue weighted by molar-refractivity contribution is -0.137. The first kappa shape index (κ1) is 18.2. The van der Waals surface area contributed by atoms with Crippen LogP contribution < -0.4 is 10.6 Å². The predicted octanol–water partition coefficient (Wildman–Crippen LogP) is 3.86. The van der Waals surface area contributed by atoms with Crippen molar-refractivity contribution in [1.29, 1.82) is 0 Å². The first-order valence-corrected chi connectivity index (χ1v) is 8.88. The number of halogens is 3. The number of nitrogens with one attached hydrogen (secondary N) is 2. The Bertz CT molecular complexity index is 1020. The van der Waals surface area contributed by atoms with Crippen molar-refractivity contribution in [3.05, 3.63) is 54.1 Å². The van der Waals surface area contributed by atoms with Crippen LogP contribution in [0, 0.1) is 5.92 Å². The smallest absolute Gasteiger partial charge is 0.367 e. The molecule has 2 aromatic carbocycles. The molecule has 2 N–H and O–H groups in total. The van der Waals surface area contributed by atoms with Crippen LogP contribution in [0.15, 0.2) is 48.5 Å². The number of fused-ring (bicyclic) bond motifs is 1. The van der Waals surface area contributed by atoms with Crippen molar-refractivity contribution in [1.82, 2.24) is 15.5 Å². The number of hydrogen-bond acceptors (Lipinski definition) is 4. The molecule has 1 aromatic heterocycles. The Morgan fingerprint density at radius 1 is 1.04 bits per heavy atom. The maximum atomic E-state index is 12.8. The molecule has 0 bridgehead atoms. The minimum absolute atomic E-state index is 0.0196. The number of anilines is 1. The van der Waals surface area contributed by atoms with E-state index < -0.39 is 11.7 Å². The van der Waals surface area contributed by atoms with E-state index in [2.05, 4.69) is 20.8 Å². The van der Waals surface area contributed by atoms with Gasteiger partial charge < -0.3 is 10.6 Å². The summed E-state index contributed by atoms with van der Waals surface area (Å²) in [5, 5.41) is 16.0. The van der Waals surface area contributed by atoms with Gasteiger partial charge in [0.2, 0.25) is 5.91 Å². The van der Waals surface area contributed by atoms with Gasteiger partial charge in [0.25, 0.3) is 0 Å². The Morgan fingerprint density at radius 3 is 2.39 bits per heavy atom. The van der Waals surface area contributed by atoms with Crippen LogP contribution in [-0.2, 0) is 11.0 Å². The molecule has 1 aliphatic heterocycles. The molecule has 4 rings (SSSR count). The highest BCUT2D eigenvalue weighted by Crippen LogP contribution is 2.33. The molecule has 2 heterocycles. The zero-order valence-corrected chi connectivity index (χ0v) is 14.8. The van der Waals surface area contributed by atoms with Gasteiger partial charge in [0.15, 0.2) is 5.82 Å². The molecule has 0 radical (unpaired) electrons. The summed E-state index contributed by atoms with van der Waals surface area (Å²) >= 11 is 0. The number of nitrogens with zero attached hydrogens (tertiary/aromatic N) is 2. The number of carbonyl (C=O) groups is 1. The average Bonchev–Trinajstić information content (AvgIpc) is 3.10. The number of benzene rings is 2. The Labute approximate surface area is 159 Å². The molecule has 0 spiro atoms.